The Morgan fingerprint density at radius 2 is 0.846 bits per heavy atom. The van der Waals surface area contributed by atoms with Gasteiger partial charge in [0.2, 0.25) is 0 Å². The lowest BCUT2D eigenvalue weighted by molar-refractivity contribution is 0.669. The first kappa shape index (κ1) is 36.9. The monoisotopic (exact) mass is 828 g/mol. The average molecular weight is 829 g/mol. The number of hydrogen-bond acceptors (Lipinski definition) is 2. The summed E-state index contributed by atoms with van der Waals surface area (Å²) in [5.74, 6) is 0. The van der Waals surface area contributed by atoms with Gasteiger partial charge in [0.05, 0.1) is 11.0 Å². The molecule has 0 unspecified atom stereocenters. The van der Waals surface area contributed by atoms with Gasteiger partial charge in [-0.05, 0) is 134 Å². The van der Waals surface area contributed by atoms with Crippen LogP contribution in [0.5, 0.6) is 0 Å². The molecule has 0 N–H and O–H groups in total. The molecule has 3 heteroatoms. The highest BCUT2D eigenvalue weighted by Crippen LogP contribution is 2.42. The Bertz CT molecular complexity index is 3880. The van der Waals surface area contributed by atoms with Gasteiger partial charge in [-0.2, -0.15) is 0 Å². The summed E-state index contributed by atoms with van der Waals surface area (Å²) in [6, 6.07) is 87.7. The number of fused-ring (bicyclic) bond motifs is 9. The summed E-state index contributed by atoms with van der Waals surface area (Å²) in [6.45, 7) is 0. The van der Waals surface area contributed by atoms with Crippen LogP contribution in [0, 0.1) is 0 Å². The molecule has 0 fully saturated rings. The highest BCUT2D eigenvalue weighted by Gasteiger charge is 2.18. The highest BCUT2D eigenvalue weighted by atomic mass is 16.3. The minimum Gasteiger partial charge on any atom is -0.456 e. The first-order valence-electron chi connectivity index (χ1n) is 22.2. The van der Waals surface area contributed by atoms with Crippen molar-refractivity contribution in [2.75, 3.05) is 4.90 Å². The maximum Gasteiger partial charge on any atom is 0.136 e. The Morgan fingerprint density at radius 1 is 0.308 bits per heavy atom. The van der Waals surface area contributed by atoms with Gasteiger partial charge in [0.1, 0.15) is 11.2 Å². The fourth-order valence-electron chi connectivity index (χ4n) is 10.1. The molecule has 0 aliphatic rings. The van der Waals surface area contributed by atoms with E-state index >= 15 is 0 Å². The minimum atomic E-state index is 0.891. The van der Waals surface area contributed by atoms with Crippen LogP contribution in [0.25, 0.3) is 104 Å². The van der Waals surface area contributed by atoms with Crippen LogP contribution < -0.4 is 4.90 Å². The van der Waals surface area contributed by atoms with Crippen molar-refractivity contribution in [3.05, 3.63) is 243 Å². The Labute approximate surface area is 376 Å². The molecule has 0 amide bonds. The largest absolute Gasteiger partial charge is 0.456 e. The Morgan fingerprint density at radius 3 is 1.57 bits per heavy atom. The van der Waals surface area contributed by atoms with Crippen LogP contribution in [0.4, 0.5) is 17.1 Å². The van der Waals surface area contributed by atoms with E-state index < -0.39 is 0 Å². The van der Waals surface area contributed by atoms with Gasteiger partial charge < -0.3 is 13.9 Å². The fourth-order valence-corrected chi connectivity index (χ4v) is 10.1. The highest BCUT2D eigenvalue weighted by molar-refractivity contribution is 6.13. The molecule has 0 atom stereocenters. The summed E-state index contributed by atoms with van der Waals surface area (Å²) < 4.78 is 8.68. The molecule has 65 heavy (non-hydrogen) atoms. The van der Waals surface area contributed by atoms with E-state index in [9.17, 15) is 0 Å². The topological polar surface area (TPSA) is 21.3 Å². The summed E-state index contributed by atoms with van der Waals surface area (Å²) in [4.78, 5) is 2.36. The number of aromatic nitrogens is 1. The lowest BCUT2D eigenvalue weighted by atomic mass is 9.97. The molecule has 13 rings (SSSR count). The smallest absolute Gasteiger partial charge is 0.136 e. The predicted octanol–water partition coefficient (Wildman–Crippen LogP) is 17.5. The lowest BCUT2D eigenvalue weighted by Crippen LogP contribution is -2.10. The first-order valence-corrected chi connectivity index (χ1v) is 22.2. The zero-order valence-electron chi connectivity index (χ0n) is 35.4. The second-order valence-corrected chi connectivity index (χ2v) is 16.9. The van der Waals surface area contributed by atoms with Crippen molar-refractivity contribution in [2.24, 2.45) is 0 Å². The molecule has 3 nitrogen and oxygen atoms in total. The van der Waals surface area contributed by atoms with E-state index in [1.807, 2.05) is 12.1 Å². The molecular weight excluding hydrogens is 789 g/mol. The number of anilines is 3. The Hall–Kier alpha value is -8.66. The number of para-hydroxylation sites is 3. The zero-order chi connectivity index (χ0) is 42.8. The molecule has 304 valence electrons. The third-order valence-electron chi connectivity index (χ3n) is 13.2. The molecular formula is C62H40N2O. The minimum absolute atomic E-state index is 0.891. The molecule has 0 saturated heterocycles. The van der Waals surface area contributed by atoms with E-state index in [2.05, 4.69) is 240 Å². The van der Waals surface area contributed by atoms with Gasteiger partial charge in [0.25, 0.3) is 0 Å². The van der Waals surface area contributed by atoms with E-state index in [0.717, 1.165) is 61.4 Å². The normalized spacial score (nSPS) is 11.7. The lowest BCUT2D eigenvalue weighted by Gasteiger charge is -2.26. The van der Waals surface area contributed by atoms with E-state index in [1.165, 1.54) is 60.0 Å². The summed E-state index contributed by atoms with van der Waals surface area (Å²) in [5, 5.41) is 9.84. The van der Waals surface area contributed by atoms with E-state index in [0.29, 0.717) is 0 Å². The average Bonchev–Trinajstić information content (AvgIpc) is 3.93. The van der Waals surface area contributed by atoms with Crippen molar-refractivity contribution in [2.45, 2.75) is 0 Å². The standard InChI is InChI=1S/C62H40N2O/c1-2-14-52-44(11-1)23-24-47-39-45(31-38-53(47)52)43-29-34-49(35-30-43)63(51-13-9-12-46(40-51)54-18-10-22-61-62(54)57-17-5-8-21-60(57)65-61)48-32-25-41(26-33-48)42-27-36-50(37-28-42)64-58-19-6-3-15-55(58)56-16-4-7-20-59(56)64/h1-40H. The van der Waals surface area contributed by atoms with Gasteiger partial charge in [-0.15, -0.1) is 0 Å². The van der Waals surface area contributed by atoms with Gasteiger partial charge in [0.15, 0.2) is 0 Å². The van der Waals surface area contributed by atoms with E-state index in [1.54, 1.807) is 0 Å². The summed E-state index contributed by atoms with van der Waals surface area (Å²) >= 11 is 0. The molecule has 0 aliphatic carbocycles. The number of hydrogen-bond donors (Lipinski definition) is 0. The van der Waals surface area contributed by atoms with Gasteiger partial charge in [-0.1, -0.05) is 164 Å². The molecule has 0 radical (unpaired) electrons. The number of furan rings is 1. The van der Waals surface area contributed by atoms with E-state index in [-0.39, 0.29) is 0 Å². The van der Waals surface area contributed by atoms with Crippen LogP contribution in [0.3, 0.4) is 0 Å². The molecule has 2 aromatic heterocycles. The Kier molecular flexibility index (Phi) is 8.53. The van der Waals surface area contributed by atoms with Gasteiger partial charge in [0, 0.05) is 44.3 Å². The third kappa shape index (κ3) is 6.20. The maximum atomic E-state index is 6.32. The van der Waals surface area contributed by atoms with Crippen molar-refractivity contribution in [3.63, 3.8) is 0 Å². The third-order valence-corrected chi connectivity index (χ3v) is 13.2. The second kappa shape index (κ2) is 15.0. The second-order valence-electron chi connectivity index (χ2n) is 16.9. The molecule has 0 spiro atoms. The number of rotatable bonds is 7. The fraction of sp³-hybridized carbons (Fsp3) is 0. The molecule has 0 bridgehead atoms. The van der Waals surface area contributed by atoms with Crippen LogP contribution in [0.15, 0.2) is 247 Å². The summed E-state index contributed by atoms with van der Waals surface area (Å²) in [7, 11) is 0. The van der Waals surface area contributed by atoms with Crippen LogP contribution in [0.2, 0.25) is 0 Å². The van der Waals surface area contributed by atoms with Gasteiger partial charge in [-0.25, -0.2) is 0 Å². The van der Waals surface area contributed by atoms with Crippen molar-refractivity contribution < 1.29 is 4.42 Å². The molecule has 13 aromatic rings. The van der Waals surface area contributed by atoms with E-state index in [4.69, 9.17) is 4.42 Å². The van der Waals surface area contributed by atoms with Crippen molar-refractivity contribution >= 4 is 82.4 Å². The quantitative estimate of drug-likeness (QED) is 0.149. The van der Waals surface area contributed by atoms with Gasteiger partial charge >= 0.3 is 0 Å². The first-order chi connectivity index (χ1) is 32.2. The van der Waals surface area contributed by atoms with Crippen LogP contribution in [-0.2, 0) is 0 Å². The predicted molar refractivity (Wildman–Crippen MR) is 274 cm³/mol. The molecule has 0 saturated carbocycles. The number of benzene rings is 11. The number of nitrogens with zero attached hydrogens (tertiary/aromatic N) is 2. The SMILES string of the molecule is c1cc(-c2cccc3oc4ccccc4c23)cc(N(c2ccc(-c3ccc(-n4c5ccccc5c5ccccc54)cc3)cc2)c2ccc(-c3ccc4c(ccc5ccccc54)c3)cc2)c1. The van der Waals surface area contributed by atoms with Crippen LogP contribution in [0.1, 0.15) is 0 Å². The van der Waals surface area contributed by atoms with Crippen LogP contribution in [-0.4, -0.2) is 4.57 Å². The zero-order valence-corrected chi connectivity index (χ0v) is 35.4. The van der Waals surface area contributed by atoms with Crippen LogP contribution >= 0.6 is 0 Å². The van der Waals surface area contributed by atoms with Crippen molar-refractivity contribution in [3.8, 4) is 39.1 Å². The van der Waals surface area contributed by atoms with Crippen molar-refractivity contribution in [1.29, 1.82) is 0 Å². The summed E-state index contributed by atoms with van der Waals surface area (Å²) in [5.41, 5.74) is 15.6. The molecule has 2 heterocycles. The molecule has 0 aliphatic heterocycles. The Balaban J connectivity index is 0.885. The van der Waals surface area contributed by atoms with Crippen molar-refractivity contribution in [1.82, 2.24) is 4.57 Å². The summed E-state index contributed by atoms with van der Waals surface area (Å²) in [6.07, 6.45) is 0. The van der Waals surface area contributed by atoms with Gasteiger partial charge in [-0.3, -0.25) is 0 Å². The molecule has 11 aromatic carbocycles. The maximum absolute atomic E-state index is 6.32.